The summed E-state index contributed by atoms with van der Waals surface area (Å²) in [4.78, 5) is 28.5. The number of carbonyl (C=O) groups is 1. The minimum atomic E-state index is -1.53. The number of hydrogen-bond acceptors (Lipinski definition) is 7. The molecule has 1 saturated heterocycles. The lowest BCUT2D eigenvalue weighted by Gasteiger charge is -2.29. The maximum atomic E-state index is 14.8. The number of pyridine rings is 1. The Morgan fingerprint density at radius 1 is 1.34 bits per heavy atom. The number of anilines is 1. The fourth-order valence-electron chi connectivity index (χ4n) is 3.67. The van der Waals surface area contributed by atoms with E-state index in [4.69, 9.17) is 21.1 Å². The molecule has 1 aliphatic rings. The van der Waals surface area contributed by atoms with Crippen molar-refractivity contribution in [2.45, 2.75) is 31.9 Å². The first-order valence-corrected chi connectivity index (χ1v) is 11.5. The minimum absolute atomic E-state index is 0.00989. The second-order valence-electron chi connectivity index (χ2n) is 8.20. The molecule has 2 N–H and O–H groups in total. The van der Waals surface area contributed by atoms with Crippen LogP contribution >= 0.6 is 11.6 Å². The van der Waals surface area contributed by atoms with Gasteiger partial charge in [-0.2, -0.15) is 9.78 Å². The highest BCUT2D eigenvalue weighted by atomic mass is 35.5. The third-order valence-corrected chi connectivity index (χ3v) is 6.02. The van der Waals surface area contributed by atoms with E-state index < -0.39 is 17.2 Å². The first-order chi connectivity index (χ1) is 16.8. The molecule has 35 heavy (non-hydrogen) atoms. The van der Waals surface area contributed by atoms with Crippen LogP contribution < -0.4 is 15.6 Å². The van der Waals surface area contributed by atoms with E-state index in [0.29, 0.717) is 31.6 Å². The minimum Gasteiger partial charge on any atom is -0.478 e. The van der Waals surface area contributed by atoms with Crippen LogP contribution in [0.3, 0.4) is 0 Å². The van der Waals surface area contributed by atoms with Crippen molar-refractivity contribution in [1.82, 2.24) is 14.8 Å². The molecule has 0 radical (unpaired) electrons. The van der Waals surface area contributed by atoms with Gasteiger partial charge in [0.05, 0.1) is 36.9 Å². The molecule has 184 valence electrons. The van der Waals surface area contributed by atoms with Crippen LogP contribution in [0.2, 0.25) is 5.02 Å². The second kappa shape index (κ2) is 10.4. The molecule has 2 aromatic heterocycles. The van der Waals surface area contributed by atoms with Gasteiger partial charge in [-0.05, 0) is 43.0 Å². The van der Waals surface area contributed by atoms with Crippen LogP contribution in [-0.4, -0.2) is 51.3 Å². The number of nitrogens with one attached hydrogen (secondary N) is 1. The van der Waals surface area contributed by atoms with Gasteiger partial charge in [0.2, 0.25) is 5.88 Å². The number of aromatic carboxylic acids is 1. The molecule has 9 nitrogen and oxygen atoms in total. The Morgan fingerprint density at radius 3 is 2.83 bits per heavy atom. The van der Waals surface area contributed by atoms with E-state index in [1.165, 1.54) is 24.5 Å². The number of nitrogens with zero attached hydrogens (tertiary/aromatic N) is 3. The molecule has 0 spiro atoms. The predicted molar refractivity (Wildman–Crippen MR) is 128 cm³/mol. The van der Waals surface area contributed by atoms with Gasteiger partial charge in [-0.3, -0.25) is 4.79 Å². The number of halogens is 2. The van der Waals surface area contributed by atoms with E-state index in [-0.39, 0.29) is 41.1 Å². The van der Waals surface area contributed by atoms with Gasteiger partial charge in [0, 0.05) is 12.7 Å². The highest BCUT2D eigenvalue weighted by Gasteiger charge is 2.32. The summed E-state index contributed by atoms with van der Waals surface area (Å²) in [6.07, 6.45) is 4.39. The zero-order valence-electron chi connectivity index (χ0n) is 19.0. The molecule has 3 heterocycles. The van der Waals surface area contributed by atoms with Gasteiger partial charge in [0.25, 0.3) is 5.56 Å². The average Bonchev–Trinajstić information content (AvgIpc) is 2.86. The summed E-state index contributed by atoms with van der Waals surface area (Å²) in [5, 5.41) is 16.2. The van der Waals surface area contributed by atoms with Crippen LogP contribution in [0.25, 0.3) is 5.69 Å². The van der Waals surface area contributed by atoms with E-state index in [2.05, 4.69) is 15.4 Å². The quantitative estimate of drug-likeness (QED) is 0.469. The van der Waals surface area contributed by atoms with Gasteiger partial charge in [-0.25, -0.2) is 14.2 Å². The fourth-order valence-corrected chi connectivity index (χ4v) is 3.87. The molecular weight excluding hydrogens is 479 g/mol. The number of aryl methyl sites for hydroxylation is 1. The highest BCUT2D eigenvalue weighted by Crippen LogP contribution is 2.27. The van der Waals surface area contributed by atoms with Crippen molar-refractivity contribution < 1.29 is 23.8 Å². The summed E-state index contributed by atoms with van der Waals surface area (Å²) < 4.78 is 26.7. The molecule has 1 fully saturated rings. The summed E-state index contributed by atoms with van der Waals surface area (Å²) >= 11 is 6.24. The van der Waals surface area contributed by atoms with Gasteiger partial charge in [-0.1, -0.05) is 24.6 Å². The number of ether oxygens (including phenoxy) is 2. The van der Waals surface area contributed by atoms with E-state index in [0.717, 1.165) is 10.2 Å². The molecule has 11 heteroatoms. The monoisotopic (exact) mass is 502 g/mol. The molecule has 1 atom stereocenters. The zero-order valence-corrected chi connectivity index (χ0v) is 19.7. The van der Waals surface area contributed by atoms with Gasteiger partial charge in [0.1, 0.15) is 16.3 Å². The Labute approximate surface area is 205 Å². The van der Waals surface area contributed by atoms with E-state index in [1.807, 2.05) is 6.92 Å². The maximum absolute atomic E-state index is 14.8. The number of carboxylic acid groups (broad SMARTS) is 1. The van der Waals surface area contributed by atoms with Crippen molar-refractivity contribution in [2.24, 2.45) is 0 Å². The van der Waals surface area contributed by atoms with E-state index in [1.54, 1.807) is 18.2 Å². The first-order valence-electron chi connectivity index (χ1n) is 11.1. The largest absolute Gasteiger partial charge is 0.478 e. The number of carboxylic acids is 1. The molecule has 0 saturated carbocycles. The summed E-state index contributed by atoms with van der Waals surface area (Å²) in [5.74, 6) is -0.808. The molecule has 0 bridgehead atoms. The summed E-state index contributed by atoms with van der Waals surface area (Å²) in [6.45, 7) is 2.42. The van der Waals surface area contributed by atoms with Crippen LogP contribution in [0.15, 0.2) is 47.5 Å². The van der Waals surface area contributed by atoms with Crippen LogP contribution in [0.5, 0.6) is 11.6 Å². The van der Waals surface area contributed by atoms with Crippen molar-refractivity contribution in [3.05, 3.63) is 69.2 Å². The smallest absolute Gasteiger partial charge is 0.339 e. The van der Waals surface area contributed by atoms with E-state index in [9.17, 15) is 19.1 Å². The van der Waals surface area contributed by atoms with Crippen LogP contribution in [0, 0.1) is 0 Å². The topological polar surface area (TPSA) is 116 Å². The lowest BCUT2D eigenvalue weighted by atomic mass is 9.99. The first kappa shape index (κ1) is 24.6. The Morgan fingerprint density at radius 2 is 2.17 bits per heavy atom. The van der Waals surface area contributed by atoms with Crippen LogP contribution in [-0.2, 0) is 11.2 Å². The predicted octanol–water partition coefficient (Wildman–Crippen LogP) is 4.26. The Balaban J connectivity index is 1.51. The molecule has 1 aromatic carbocycles. The third-order valence-electron chi connectivity index (χ3n) is 5.65. The van der Waals surface area contributed by atoms with Crippen molar-refractivity contribution in [1.29, 1.82) is 0 Å². The molecule has 3 aromatic rings. The van der Waals surface area contributed by atoms with Crippen LogP contribution in [0.1, 0.15) is 35.7 Å². The molecule has 0 amide bonds. The standard InChI is InChI=1S/C24H24ClFN4O5/c1-2-15-4-6-17(23(32)33)19(10-15)35-20-7-5-16(11-27-20)30-22(31)21(25)18(12-29-30)28-13-24(26)8-3-9-34-14-24/h4-7,10-12,28H,2-3,8-9,13-14H2,1H3,(H,32,33)/t24-/m0/s1. The van der Waals surface area contributed by atoms with E-state index >= 15 is 0 Å². The number of aromatic nitrogens is 3. The van der Waals surface area contributed by atoms with Crippen LogP contribution in [0.4, 0.5) is 10.1 Å². The third kappa shape index (κ3) is 5.60. The summed E-state index contributed by atoms with van der Waals surface area (Å²) in [5.41, 5.74) is -0.678. The van der Waals surface area contributed by atoms with Crippen molar-refractivity contribution in [3.8, 4) is 17.3 Å². The number of benzene rings is 1. The lowest BCUT2D eigenvalue weighted by Crippen LogP contribution is -2.40. The SMILES string of the molecule is CCc1ccc(C(=O)O)c(Oc2ccc(-n3ncc(NC[C@@]4(F)CCCOC4)c(Cl)c3=O)cn2)c1. The van der Waals surface area contributed by atoms with Gasteiger partial charge < -0.3 is 19.9 Å². The number of rotatable bonds is 8. The second-order valence-corrected chi connectivity index (χ2v) is 8.57. The maximum Gasteiger partial charge on any atom is 0.339 e. The summed E-state index contributed by atoms with van der Waals surface area (Å²) in [6, 6.07) is 7.89. The molecule has 0 unspecified atom stereocenters. The Hall–Kier alpha value is -3.50. The number of alkyl halides is 1. The van der Waals surface area contributed by atoms with Crippen molar-refractivity contribution in [2.75, 3.05) is 25.1 Å². The van der Waals surface area contributed by atoms with Crippen molar-refractivity contribution in [3.63, 3.8) is 0 Å². The Bertz CT molecular complexity index is 1280. The summed E-state index contributed by atoms with van der Waals surface area (Å²) in [7, 11) is 0. The lowest BCUT2D eigenvalue weighted by molar-refractivity contribution is -0.0234. The molecular formula is C24H24ClFN4O5. The highest BCUT2D eigenvalue weighted by molar-refractivity contribution is 6.32. The van der Waals surface area contributed by atoms with Crippen molar-refractivity contribution >= 4 is 23.3 Å². The Kier molecular flexibility index (Phi) is 7.32. The number of hydrogen-bond donors (Lipinski definition) is 2. The normalized spacial score (nSPS) is 17.7. The zero-order chi connectivity index (χ0) is 25.0. The molecule has 4 rings (SSSR count). The average molecular weight is 503 g/mol. The molecule has 1 aliphatic heterocycles. The van der Waals surface area contributed by atoms with Gasteiger partial charge in [0.15, 0.2) is 5.67 Å². The molecule has 0 aliphatic carbocycles. The van der Waals surface area contributed by atoms with Gasteiger partial charge >= 0.3 is 5.97 Å². The van der Waals surface area contributed by atoms with Gasteiger partial charge in [-0.15, -0.1) is 0 Å². The fraction of sp³-hybridized carbons (Fsp3) is 0.333.